The Balaban J connectivity index is 1.74. The molecule has 0 saturated heterocycles. The second-order valence-electron chi connectivity index (χ2n) is 10.6. The number of para-hydroxylation sites is 1. The van der Waals surface area contributed by atoms with E-state index >= 15 is 0 Å². The van der Waals surface area contributed by atoms with E-state index in [9.17, 15) is 4.79 Å². The molecule has 8 heteroatoms. The Morgan fingerprint density at radius 2 is 1.67 bits per heavy atom. The number of nitrogens with one attached hydrogen (secondary N) is 1. The van der Waals surface area contributed by atoms with Crippen molar-refractivity contribution in [1.29, 1.82) is 0 Å². The first kappa shape index (κ1) is 26.8. The van der Waals surface area contributed by atoms with E-state index in [0.717, 1.165) is 34.0 Å². The third-order valence-electron chi connectivity index (χ3n) is 7.48. The fourth-order valence-corrected chi connectivity index (χ4v) is 5.05. The molecule has 0 saturated carbocycles. The van der Waals surface area contributed by atoms with Gasteiger partial charge in [-0.05, 0) is 77.9 Å². The third kappa shape index (κ3) is 5.65. The lowest BCUT2D eigenvalue weighted by molar-refractivity contribution is 0.180. The van der Waals surface area contributed by atoms with Crippen LogP contribution in [-0.2, 0) is 18.6 Å². The Kier molecular flexibility index (Phi) is 7.64. The first-order chi connectivity index (χ1) is 18.8. The molecule has 0 fully saturated rings. The molecule has 3 aromatic carbocycles. The molecule has 2 aromatic heterocycles. The maximum atomic E-state index is 13.8. The van der Waals surface area contributed by atoms with Gasteiger partial charge in [-0.25, -0.2) is 4.68 Å². The molecular formula is C31H33ClN6O. The predicted octanol–water partition coefficient (Wildman–Crippen LogP) is 6.41. The van der Waals surface area contributed by atoms with E-state index < -0.39 is 6.04 Å². The van der Waals surface area contributed by atoms with Crippen LogP contribution in [0.15, 0.2) is 83.7 Å². The zero-order chi connectivity index (χ0) is 27.6. The molecule has 5 rings (SSSR count). The van der Waals surface area contributed by atoms with Crippen LogP contribution in [0.3, 0.4) is 0 Å². The molecule has 7 nitrogen and oxygen atoms in total. The highest BCUT2D eigenvalue weighted by Crippen LogP contribution is 2.33. The number of fused-ring (bicyclic) bond motifs is 1. The topological polar surface area (TPSA) is 79.7 Å². The zero-order valence-corrected chi connectivity index (χ0v) is 23.5. The predicted molar refractivity (Wildman–Crippen MR) is 156 cm³/mol. The number of aromatic amines is 1. The van der Waals surface area contributed by atoms with Gasteiger partial charge in [-0.2, -0.15) is 0 Å². The fourth-order valence-electron chi connectivity index (χ4n) is 4.93. The summed E-state index contributed by atoms with van der Waals surface area (Å²) < 4.78 is 1.87. The van der Waals surface area contributed by atoms with E-state index in [1.54, 1.807) is 0 Å². The van der Waals surface area contributed by atoms with Gasteiger partial charge >= 0.3 is 0 Å². The monoisotopic (exact) mass is 540 g/mol. The molecule has 39 heavy (non-hydrogen) atoms. The van der Waals surface area contributed by atoms with Crippen molar-refractivity contribution in [3.63, 3.8) is 0 Å². The highest BCUT2D eigenvalue weighted by atomic mass is 35.5. The highest BCUT2D eigenvalue weighted by Gasteiger charge is 2.34. The summed E-state index contributed by atoms with van der Waals surface area (Å²) in [5.41, 5.74) is 4.15. The number of hydrogen-bond donors (Lipinski definition) is 1. The summed E-state index contributed by atoms with van der Waals surface area (Å²) >= 11 is 6.20. The number of rotatable bonds is 9. The highest BCUT2D eigenvalue weighted by molar-refractivity contribution is 6.30. The fraction of sp³-hybridized carbons (Fsp3) is 0.290. The summed E-state index contributed by atoms with van der Waals surface area (Å²) in [6.07, 6.45) is 0.820. The number of aryl methyl sites for hydroxylation is 1. The normalized spacial score (nSPS) is 12.8. The number of nitrogens with zero attached hydrogens (tertiary/aromatic N) is 5. The summed E-state index contributed by atoms with van der Waals surface area (Å²) in [7, 11) is 0. The maximum Gasteiger partial charge on any atom is 0.253 e. The molecule has 0 aliphatic heterocycles. The molecule has 0 spiro atoms. The smallest absolute Gasteiger partial charge is 0.253 e. The van der Waals surface area contributed by atoms with Crippen LogP contribution in [0, 0.1) is 6.92 Å². The maximum absolute atomic E-state index is 13.8. The quantitative estimate of drug-likeness (QED) is 0.233. The van der Waals surface area contributed by atoms with Gasteiger partial charge in [0.2, 0.25) is 0 Å². The van der Waals surface area contributed by atoms with Gasteiger partial charge in [-0.15, -0.1) is 5.10 Å². The molecule has 200 valence electrons. The van der Waals surface area contributed by atoms with E-state index in [1.807, 2.05) is 78.3 Å². The van der Waals surface area contributed by atoms with E-state index in [-0.39, 0.29) is 11.1 Å². The second-order valence-corrected chi connectivity index (χ2v) is 11.1. The van der Waals surface area contributed by atoms with Gasteiger partial charge in [0.25, 0.3) is 5.56 Å². The molecule has 0 aliphatic rings. The van der Waals surface area contributed by atoms with Gasteiger partial charge in [0, 0.05) is 23.7 Å². The zero-order valence-electron chi connectivity index (χ0n) is 22.7. The molecule has 0 radical (unpaired) electrons. The van der Waals surface area contributed by atoms with Crippen molar-refractivity contribution >= 4 is 22.5 Å². The van der Waals surface area contributed by atoms with Crippen LogP contribution >= 0.6 is 11.6 Å². The van der Waals surface area contributed by atoms with E-state index in [2.05, 4.69) is 58.3 Å². The summed E-state index contributed by atoms with van der Waals surface area (Å²) in [4.78, 5) is 19.2. The Labute approximate surface area is 233 Å². The molecule has 0 aliphatic carbocycles. The van der Waals surface area contributed by atoms with Crippen molar-refractivity contribution in [3.05, 3.63) is 122 Å². The Morgan fingerprint density at radius 1 is 0.974 bits per heavy atom. The lowest BCUT2D eigenvalue weighted by atomic mass is 9.98. The van der Waals surface area contributed by atoms with Crippen molar-refractivity contribution in [3.8, 4) is 0 Å². The Hall–Kier alpha value is -3.81. The van der Waals surface area contributed by atoms with Crippen LogP contribution < -0.4 is 5.56 Å². The minimum absolute atomic E-state index is 0.153. The summed E-state index contributed by atoms with van der Waals surface area (Å²) in [5, 5.41) is 14.7. The van der Waals surface area contributed by atoms with Gasteiger partial charge in [0.05, 0.1) is 11.1 Å². The SMILES string of the molecule is CCC(C)(C)n1nnnc1[C@H](c1cc2cccc(C)c2[nH]c1=O)N(Cc1ccccc1)Cc1ccc(Cl)cc1. The van der Waals surface area contributed by atoms with Crippen molar-refractivity contribution in [1.82, 2.24) is 30.1 Å². The number of benzene rings is 3. The lowest BCUT2D eigenvalue weighted by Gasteiger charge is -2.33. The van der Waals surface area contributed by atoms with Crippen molar-refractivity contribution < 1.29 is 0 Å². The van der Waals surface area contributed by atoms with Crippen molar-refractivity contribution in [2.24, 2.45) is 0 Å². The summed E-state index contributed by atoms with van der Waals surface area (Å²) in [6, 6.07) is 25.6. The lowest BCUT2D eigenvalue weighted by Crippen LogP contribution is -2.38. The number of halogens is 1. The standard InChI is InChI=1S/C31H33ClN6O/c1-5-31(3,4)38-29(34-35-36-38)28(26-18-24-13-9-10-21(2)27(24)33-30(26)39)37(19-22-11-7-6-8-12-22)20-23-14-16-25(32)17-15-23/h6-18,28H,5,19-20H2,1-4H3,(H,33,39)/t28-/m0/s1. The van der Waals surface area contributed by atoms with E-state index in [0.29, 0.717) is 29.5 Å². The number of hydrogen-bond acceptors (Lipinski definition) is 5. The van der Waals surface area contributed by atoms with Crippen molar-refractivity contribution in [2.45, 2.75) is 58.8 Å². The third-order valence-corrected chi connectivity index (χ3v) is 7.73. The number of tetrazole rings is 1. The van der Waals surface area contributed by atoms with Crippen molar-refractivity contribution in [2.75, 3.05) is 0 Å². The number of pyridine rings is 1. The molecule has 0 bridgehead atoms. The van der Waals surface area contributed by atoms with Crippen LogP contribution in [0.25, 0.3) is 10.9 Å². The van der Waals surface area contributed by atoms with Crippen LogP contribution in [0.5, 0.6) is 0 Å². The van der Waals surface area contributed by atoms with Gasteiger partial charge in [-0.3, -0.25) is 9.69 Å². The molecular weight excluding hydrogens is 508 g/mol. The number of aromatic nitrogens is 5. The molecule has 5 aromatic rings. The van der Waals surface area contributed by atoms with Crippen LogP contribution in [0.2, 0.25) is 5.02 Å². The first-order valence-corrected chi connectivity index (χ1v) is 13.6. The average molecular weight is 541 g/mol. The van der Waals surface area contributed by atoms with Crippen LogP contribution in [0.1, 0.15) is 61.3 Å². The first-order valence-electron chi connectivity index (χ1n) is 13.2. The average Bonchev–Trinajstić information content (AvgIpc) is 3.42. The molecule has 1 N–H and O–H groups in total. The summed E-state index contributed by atoms with van der Waals surface area (Å²) in [5.74, 6) is 0.629. The second kappa shape index (κ2) is 11.1. The van der Waals surface area contributed by atoms with Crippen LogP contribution in [0.4, 0.5) is 0 Å². The minimum Gasteiger partial charge on any atom is -0.321 e. The van der Waals surface area contributed by atoms with E-state index in [1.165, 1.54) is 0 Å². The Morgan fingerprint density at radius 3 is 2.36 bits per heavy atom. The molecule has 0 amide bonds. The molecule has 0 unspecified atom stereocenters. The number of H-pyrrole nitrogens is 1. The van der Waals surface area contributed by atoms with Crippen LogP contribution in [-0.4, -0.2) is 30.1 Å². The largest absolute Gasteiger partial charge is 0.321 e. The molecule has 2 heterocycles. The molecule has 1 atom stereocenters. The summed E-state index contributed by atoms with van der Waals surface area (Å²) in [6.45, 7) is 9.47. The minimum atomic E-state index is -0.518. The Bertz CT molecular complexity index is 1630. The van der Waals surface area contributed by atoms with Gasteiger partial charge in [-0.1, -0.05) is 79.2 Å². The van der Waals surface area contributed by atoms with Gasteiger partial charge in [0.15, 0.2) is 5.82 Å². The van der Waals surface area contributed by atoms with E-state index in [4.69, 9.17) is 11.6 Å². The van der Waals surface area contributed by atoms with Gasteiger partial charge in [0.1, 0.15) is 6.04 Å². The van der Waals surface area contributed by atoms with Gasteiger partial charge < -0.3 is 4.98 Å².